The molecule has 2 aliphatic rings. The average Bonchev–Trinajstić information content (AvgIpc) is 3.09. The molecule has 0 saturated heterocycles. The summed E-state index contributed by atoms with van der Waals surface area (Å²) in [6.45, 7) is 0. The molecule has 130 valence electrons. The molecule has 0 saturated carbocycles. The molecule has 0 amide bonds. The van der Waals surface area contributed by atoms with Crippen molar-refractivity contribution in [3.8, 4) is 5.75 Å². The highest BCUT2D eigenvalue weighted by molar-refractivity contribution is 6.41. The predicted molar refractivity (Wildman–Crippen MR) is 105 cm³/mol. The van der Waals surface area contributed by atoms with Crippen molar-refractivity contribution >= 4 is 28.5 Å². The van der Waals surface area contributed by atoms with Gasteiger partial charge in [-0.05, 0) is 34.9 Å². The number of hydrogen-bond acceptors (Lipinski definition) is 3. The third-order valence-corrected chi connectivity index (χ3v) is 5.19. The quantitative estimate of drug-likeness (QED) is 0.781. The Kier molecular flexibility index (Phi) is 3.97. The maximum Gasteiger partial charge on any atom is 0.194 e. The standard InChI is InChI=1S/C22H18ClNO2/c1-24(2)13-11-17-14-7-4-5-8-15(14)22(25)20(18(17)12-13)16-9-6-10-19(26-3)21(16)23/h4-12H,1-3H3. The van der Waals surface area contributed by atoms with Gasteiger partial charge in [-0.3, -0.25) is 4.79 Å². The van der Waals surface area contributed by atoms with Crippen LogP contribution in [0.2, 0.25) is 5.02 Å². The van der Waals surface area contributed by atoms with Crippen molar-refractivity contribution in [1.82, 2.24) is 4.90 Å². The summed E-state index contributed by atoms with van der Waals surface area (Å²) >= 11 is 6.56. The molecule has 0 fully saturated rings. The number of carbonyl (C=O) groups is 1. The summed E-state index contributed by atoms with van der Waals surface area (Å²) in [5.74, 6) is 0.545. The topological polar surface area (TPSA) is 29.5 Å². The number of allylic oxidation sites excluding steroid dienone is 5. The van der Waals surface area contributed by atoms with Crippen LogP contribution in [0.15, 0.2) is 65.9 Å². The third kappa shape index (κ3) is 2.39. The van der Waals surface area contributed by atoms with Gasteiger partial charge in [0.1, 0.15) is 5.75 Å². The fraction of sp³-hybridized carbons (Fsp3) is 0.136. The molecule has 0 heterocycles. The van der Waals surface area contributed by atoms with Crippen molar-refractivity contribution in [2.45, 2.75) is 0 Å². The van der Waals surface area contributed by atoms with Gasteiger partial charge in [-0.25, -0.2) is 0 Å². The number of ether oxygens (including phenoxy) is 1. The molecule has 3 nitrogen and oxygen atoms in total. The molecule has 0 aliphatic heterocycles. The molecule has 0 unspecified atom stereocenters. The van der Waals surface area contributed by atoms with Crippen LogP contribution in [0.25, 0.3) is 11.1 Å². The molecular weight excluding hydrogens is 346 g/mol. The summed E-state index contributed by atoms with van der Waals surface area (Å²) in [5, 5.41) is 0.455. The van der Waals surface area contributed by atoms with Crippen molar-refractivity contribution in [3.05, 3.63) is 87.6 Å². The Morgan fingerprint density at radius 1 is 0.923 bits per heavy atom. The van der Waals surface area contributed by atoms with E-state index in [0.29, 0.717) is 27.5 Å². The van der Waals surface area contributed by atoms with Crippen LogP contribution in [-0.2, 0) is 0 Å². The molecule has 4 rings (SSSR count). The lowest BCUT2D eigenvalue weighted by Crippen LogP contribution is -2.14. The van der Waals surface area contributed by atoms with Crippen LogP contribution in [0, 0.1) is 0 Å². The SMILES string of the molecule is COc1cccc(C2=C3C=C(N(C)C)C=C3c3ccccc3C2=O)c1Cl. The lowest BCUT2D eigenvalue weighted by molar-refractivity contribution is 0.105. The first-order valence-electron chi connectivity index (χ1n) is 8.35. The predicted octanol–water partition coefficient (Wildman–Crippen LogP) is 4.84. The summed E-state index contributed by atoms with van der Waals surface area (Å²) in [6, 6.07) is 13.2. The molecule has 0 spiro atoms. The molecule has 0 aromatic heterocycles. The van der Waals surface area contributed by atoms with Gasteiger partial charge in [0.05, 0.1) is 12.1 Å². The summed E-state index contributed by atoms with van der Waals surface area (Å²) < 4.78 is 5.35. The molecule has 0 bridgehead atoms. The van der Waals surface area contributed by atoms with Crippen LogP contribution >= 0.6 is 11.6 Å². The number of Topliss-reactive ketones (excluding diaryl/α,β-unsaturated/α-hetero) is 1. The van der Waals surface area contributed by atoms with E-state index < -0.39 is 0 Å². The van der Waals surface area contributed by atoms with Crippen molar-refractivity contribution in [2.75, 3.05) is 21.2 Å². The van der Waals surface area contributed by atoms with Crippen LogP contribution < -0.4 is 4.74 Å². The van der Waals surface area contributed by atoms with E-state index in [0.717, 1.165) is 22.4 Å². The molecular formula is C22H18ClNO2. The first-order chi connectivity index (χ1) is 12.5. The number of ketones is 1. The Morgan fingerprint density at radius 2 is 1.62 bits per heavy atom. The zero-order valence-electron chi connectivity index (χ0n) is 14.8. The van der Waals surface area contributed by atoms with E-state index in [2.05, 4.69) is 6.08 Å². The van der Waals surface area contributed by atoms with Gasteiger partial charge in [0.2, 0.25) is 0 Å². The number of likely N-dealkylation sites (N-methyl/N-ethyl adjacent to an activating group) is 1. The second kappa shape index (κ2) is 6.19. The highest BCUT2D eigenvalue weighted by Crippen LogP contribution is 2.46. The third-order valence-electron chi connectivity index (χ3n) is 4.80. The summed E-state index contributed by atoms with van der Waals surface area (Å²) in [7, 11) is 5.56. The molecule has 0 radical (unpaired) electrons. The van der Waals surface area contributed by atoms with Crippen molar-refractivity contribution < 1.29 is 9.53 Å². The van der Waals surface area contributed by atoms with Gasteiger partial charge < -0.3 is 9.64 Å². The lowest BCUT2D eigenvalue weighted by atomic mass is 9.80. The number of nitrogens with zero attached hydrogens (tertiary/aromatic N) is 1. The van der Waals surface area contributed by atoms with Crippen molar-refractivity contribution in [1.29, 1.82) is 0 Å². The van der Waals surface area contributed by atoms with E-state index in [4.69, 9.17) is 16.3 Å². The zero-order chi connectivity index (χ0) is 18.4. The van der Waals surface area contributed by atoms with Crippen LogP contribution in [0.1, 0.15) is 21.5 Å². The number of benzene rings is 2. The molecule has 26 heavy (non-hydrogen) atoms. The average molecular weight is 364 g/mol. The van der Waals surface area contributed by atoms with Gasteiger partial charge in [0.25, 0.3) is 0 Å². The largest absolute Gasteiger partial charge is 0.495 e. The zero-order valence-corrected chi connectivity index (χ0v) is 15.6. The number of halogens is 1. The highest BCUT2D eigenvalue weighted by Gasteiger charge is 2.33. The Hall–Kier alpha value is -2.78. The Balaban J connectivity index is 2.04. The van der Waals surface area contributed by atoms with Gasteiger partial charge in [-0.15, -0.1) is 0 Å². The fourth-order valence-electron chi connectivity index (χ4n) is 3.48. The van der Waals surface area contributed by atoms with Crippen LogP contribution in [-0.4, -0.2) is 31.9 Å². The van der Waals surface area contributed by atoms with E-state index >= 15 is 0 Å². The second-order valence-corrected chi connectivity index (χ2v) is 6.88. The highest BCUT2D eigenvalue weighted by atomic mass is 35.5. The Bertz CT molecular complexity index is 1030. The monoisotopic (exact) mass is 363 g/mol. The van der Waals surface area contributed by atoms with Crippen LogP contribution in [0.4, 0.5) is 0 Å². The normalized spacial score (nSPS) is 15.3. The summed E-state index contributed by atoms with van der Waals surface area (Å²) in [4.78, 5) is 15.4. The molecule has 0 N–H and O–H groups in total. The minimum absolute atomic E-state index is 0.0147. The molecule has 2 aliphatic carbocycles. The van der Waals surface area contributed by atoms with Gasteiger partial charge in [-0.1, -0.05) is 48.0 Å². The van der Waals surface area contributed by atoms with Crippen molar-refractivity contribution in [3.63, 3.8) is 0 Å². The first-order valence-corrected chi connectivity index (χ1v) is 8.73. The smallest absolute Gasteiger partial charge is 0.194 e. The number of fused-ring (bicyclic) bond motifs is 3. The van der Waals surface area contributed by atoms with Crippen molar-refractivity contribution in [2.24, 2.45) is 0 Å². The van der Waals surface area contributed by atoms with E-state index in [1.165, 1.54) is 0 Å². The second-order valence-electron chi connectivity index (χ2n) is 6.51. The van der Waals surface area contributed by atoms with E-state index in [-0.39, 0.29) is 5.78 Å². The van der Waals surface area contributed by atoms with Gasteiger partial charge in [0.15, 0.2) is 5.78 Å². The Morgan fingerprint density at radius 3 is 2.31 bits per heavy atom. The minimum Gasteiger partial charge on any atom is -0.495 e. The maximum atomic E-state index is 13.4. The van der Waals surface area contributed by atoms with Gasteiger partial charge in [0, 0.05) is 36.5 Å². The number of rotatable bonds is 3. The number of hydrogen-bond donors (Lipinski definition) is 0. The minimum atomic E-state index is -0.0147. The fourth-order valence-corrected chi connectivity index (χ4v) is 3.78. The maximum absolute atomic E-state index is 13.4. The molecule has 0 atom stereocenters. The van der Waals surface area contributed by atoms with E-state index in [1.54, 1.807) is 13.2 Å². The molecule has 2 aromatic rings. The number of carbonyl (C=O) groups excluding carboxylic acids is 1. The number of methoxy groups -OCH3 is 1. The van der Waals surface area contributed by atoms with Crippen LogP contribution in [0.3, 0.4) is 0 Å². The first kappa shape index (κ1) is 16.7. The molecule has 4 heteroatoms. The molecule has 2 aromatic carbocycles. The summed E-state index contributed by atoms with van der Waals surface area (Å²) in [5.41, 5.74) is 5.99. The lowest BCUT2D eigenvalue weighted by Gasteiger charge is -2.22. The van der Waals surface area contributed by atoms with E-state index in [9.17, 15) is 4.79 Å². The van der Waals surface area contributed by atoms with Crippen LogP contribution in [0.5, 0.6) is 5.75 Å². The summed E-state index contributed by atoms with van der Waals surface area (Å²) in [6.07, 6.45) is 4.17. The van der Waals surface area contributed by atoms with Gasteiger partial charge >= 0.3 is 0 Å². The van der Waals surface area contributed by atoms with E-state index in [1.807, 2.05) is 61.5 Å². The Labute approximate surface area is 157 Å². The van der Waals surface area contributed by atoms with Gasteiger partial charge in [-0.2, -0.15) is 0 Å².